The molecule has 230 valence electrons. The summed E-state index contributed by atoms with van der Waals surface area (Å²) in [6, 6.07) is 15.0. The van der Waals surface area contributed by atoms with Crippen LogP contribution in [0.15, 0.2) is 79.8 Å². The zero-order valence-corrected chi connectivity index (χ0v) is 25.9. The van der Waals surface area contributed by atoms with Gasteiger partial charge in [0.05, 0.1) is 0 Å². The number of fused-ring (bicyclic) bond motifs is 2. The van der Waals surface area contributed by atoms with Crippen LogP contribution in [-0.4, -0.2) is 20.4 Å². The predicted octanol–water partition coefficient (Wildman–Crippen LogP) is 5.86. The molecule has 0 saturated carbocycles. The maximum absolute atomic E-state index is 14.1. The highest BCUT2D eigenvalue weighted by molar-refractivity contribution is 6.30. The van der Waals surface area contributed by atoms with Gasteiger partial charge in [-0.15, -0.1) is 0 Å². The second-order valence-corrected chi connectivity index (χ2v) is 12.1. The van der Waals surface area contributed by atoms with Gasteiger partial charge in [0.2, 0.25) is 10.9 Å². The zero-order chi connectivity index (χ0) is 33.2. The second kappa shape index (κ2) is 11.3. The van der Waals surface area contributed by atoms with E-state index < -0.39 is 44.7 Å². The average molecular weight is 655 g/mol. The minimum absolute atomic E-state index is 0.00979. The lowest BCUT2D eigenvalue weighted by molar-refractivity contribution is 0.400. The van der Waals surface area contributed by atoms with Crippen molar-refractivity contribution in [1.82, 2.24) is 0 Å². The van der Waals surface area contributed by atoms with Crippen LogP contribution in [0.3, 0.4) is 0 Å². The highest BCUT2D eigenvalue weighted by Gasteiger charge is 2.30. The molecule has 0 unspecified atom stereocenters. The maximum atomic E-state index is 14.1. The van der Waals surface area contributed by atoms with E-state index in [0.717, 1.165) is 12.1 Å². The summed E-state index contributed by atoms with van der Waals surface area (Å²) in [6.07, 6.45) is -0.0668. The number of aromatic hydroxyl groups is 4. The third-order valence-electron chi connectivity index (χ3n) is 8.44. The maximum Gasteiger partial charge on any atom is 0.229 e. The monoisotopic (exact) mass is 654 g/mol. The number of halogens is 2. The third-order valence-corrected chi connectivity index (χ3v) is 8.94. The molecule has 4 N–H and O–H groups in total. The van der Waals surface area contributed by atoms with E-state index in [1.807, 2.05) is 0 Å². The first-order valence-corrected chi connectivity index (χ1v) is 14.8. The van der Waals surface area contributed by atoms with Crippen molar-refractivity contribution < 1.29 is 20.4 Å². The lowest BCUT2D eigenvalue weighted by Crippen LogP contribution is -2.34. The van der Waals surface area contributed by atoms with Crippen LogP contribution in [-0.2, 0) is 12.8 Å². The number of rotatable bonds is 5. The van der Waals surface area contributed by atoms with Gasteiger partial charge in [0.1, 0.15) is 11.5 Å². The van der Waals surface area contributed by atoms with Crippen molar-refractivity contribution in [3.8, 4) is 45.3 Å². The Bertz CT molecular complexity index is 2410. The second-order valence-electron chi connectivity index (χ2n) is 11.2. The zero-order valence-electron chi connectivity index (χ0n) is 24.4. The molecule has 4 aromatic carbocycles. The smallest absolute Gasteiger partial charge is 0.229 e. The number of hydrogen-bond acceptors (Lipinski definition) is 8. The molecule has 8 nitrogen and oxygen atoms in total. The number of benzene rings is 6. The van der Waals surface area contributed by atoms with E-state index in [2.05, 4.69) is 0 Å². The first kappa shape index (κ1) is 30.8. The van der Waals surface area contributed by atoms with Crippen molar-refractivity contribution in [3.05, 3.63) is 145 Å². The Morgan fingerprint density at radius 2 is 1.11 bits per heavy atom. The summed E-state index contributed by atoms with van der Waals surface area (Å²) in [4.78, 5) is 53.9. The van der Waals surface area contributed by atoms with E-state index in [0.29, 0.717) is 21.2 Å². The molecule has 0 heterocycles. The van der Waals surface area contributed by atoms with Gasteiger partial charge in [-0.3, -0.25) is 19.2 Å². The van der Waals surface area contributed by atoms with Gasteiger partial charge in [0, 0.05) is 84.2 Å². The number of phenolic OH excluding ortho intramolecular Hbond substituents is 4. The summed E-state index contributed by atoms with van der Waals surface area (Å²) >= 11 is 12.0. The summed E-state index contributed by atoms with van der Waals surface area (Å²) in [6.45, 7) is 2.79. The van der Waals surface area contributed by atoms with E-state index >= 15 is 0 Å². The number of hydrogen-bond donors (Lipinski definition) is 4. The van der Waals surface area contributed by atoms with Gasteiger partial charge in [-0.1, -0.05) is 47.5 Å². The number of phenols is 4. The summed E-state index contributed by atoms with van der Waals surface area (Å²) in [5.41, 5.74) is -3.19. The minimum Gasteiger partial charge on any atom is -0.507 e. The Balaban J connectivity index is 1.64. The standard InChI is InChI=1S/C36H24Cl2O8/c1-15-27(35(45)23-13-25(39)33(43)21(29(23)31(15)41)11-17-3-7-19(37)8-4-17)28-16(2)32(42)30-22(12-18-5-9-20(38)10-6-18)34(44)26(40)14-24(30)36(28)46/h3-10,13-14,39,41,43,45H,11-12H2,1-2H3. The molecule has 46 heavy (non-hydrogen) atoms. The Morgan fingerprint density at radius 3 is 1.67 bits per heavy atom. The molecule has 0 spiro atoms. The molecular formula is C36H24Cl2O8. The highest BCUT2D eigenvalue weighted by Crippen LogP contribution is 2.50. The van der Waals surface area contributed by atoms with Gasteiger partial charge in [-0.05, 0) is 55.3 Å². The van der Waals surface area contributed by atoms with E-state index in [4.69, 9.17) is 23.2 Å². The van der Waals surface area contributed by atoms with Crippen LogP contribution in [0.2, 0.25) is 10.0 Å². The van der Waals surface area contributed by atoms with Crippen LogP contribution in [0.25, 0.3) is 33.0 Å². The van der Waals surface area contributed by atoms with Crippen LogP contribution in [0, 0.1) is 13.8 Å². The first-order chi connectivity index (χ1) is 21.8. The fourth-order valence-electron chi connectivity index (χ4n) is 6.09. The normalized spacial score (nSPS) is 11.5. The molecule has 0 saturated heterocycles. The molecule has 0 aromatic heterocycles. The first-order valence-electron chi connectivity index (χ1n) is 14.1. The molecule has 2 aliphatic rings. The lowest BCUT2D eigenvalue weighted by Gasteiger charge is -2.20. The van der Waals surface area contributed by atoms with Crippen molar-refractivity contribution in [1.29, 1.82) is 0 Å². The van der Waals surface area contributed by atoms with Crippen molar-refractivity contribution in [3.63, 3.8) is 0 Å². The van der Waals surface area contributed by atoms with Gasteiger partial charge in [-0.2, -0.15) is 0 Å². The molecule has 0 fully saturated rings. The Hall–Kier alpha value is -5.18. The van der Waals surface area contributed by atoms with Crippen LogP contribution >= 0.6 is 23.2 Å². The Morgan fingerprint density at radius 1 is 0.565 bits per heavy atom. The van der Waals surface area contributed by atoms with E-state index in [1.165, 1.54) is 13.8 Å². The van der Waals surface area contributed by atoms with E-state index in [-0.39, 0.29) is 68.1 Å². The van der Waals surface area contributed by atoms with Crippen LogP contribution in [0.5, 0.6) is 23.0 Å². The molecule has 0 bridgehead atoms. The molecule has 0 aliphatic heterocycles. The average Bonchev–Trinajstić information content (AvgIpc) is 3.02. The molecule has 2 aliphatic carbocycles. The van der Waals surface area contributed by atoms with E-state index in [1.54, 1.807) is 48.5 Å². The minimum atomic E-state index is -0.975. The topological polar surface area (TPSA) is 149 Å². The summed E-state index contributed by atoms with van der Waals surface area (Å²) in [7, 11) is 0. The van der Waals surface area contributed by atoms with E-state index in [9.17, 15) is 39.6 Å². The Labute approximate surface area is 270 Å². The highest BCUT2D eigenvalue weighted by atomic mass is 35.5. The van der Waals surface area contributed by atoms with Crippen molar-refractivity contribution in [2.24, 2.45) is 0 Å². The van der Waals surface area contributed by atoms with Gasteiger partial charge in [0.25, 0.3) is 0 Å². The van der Waals surface area contributed by atoms with Gasteiger partial charge in [0.15, 0.2) is 22.4 Å². The predicted molar refractivity (Wildman–Crippen MR) is 178 cm³/mol. The lowest BCUT2D eigenvalue weighted by atomic mass is 9.83. The third kappa shape index (κ3) is 4.87. The fraction of sp³-hybridized carbons (Fsp3) is 0.111. The summed E-state index contributed by atoms with van der Waals surface area (Å²) in [5.74, 6) is -2.05. The van der Waals surface area contributed by atoms with Crippen LogP contribution in [0.1, 0.15) is 33.4 Å². The van der Waals surface area contributed by atoms with Gasteiger partial charge < -0.3 is 20.4 Å². The quantitative estimate of drug-likeness (QED) is 0.103. The van der Waals surface area contributed by atoms with Crippen LogP contribution in [0.4, 0.5) is 0 Å². The molecule has 0 amide bonds. The summed E-state index contributed by atoms with van der Waals surface area (Å²) < 4.78 is 0. The molecule has 6 rings (SSSR count). The van der Waals surface area contributed by atoms with Crippen LogP contribution < -0.4 is 21.7 Å². The molecular weight excluding hydrogens is 631 g/mol. The SMILES string of the molecule is Cc1c(-c2c(C)c(=O)c3c(Cc4ccc(Cl)cc4)c(=O)c(=O)cc-3c2=O)c(O)c2cc(O)c(O)c(Cc3ccc(Cl)cc3)c2c1O. The molecule has 10 heteroatoms. The molecule has 0 atom stereocenters. The van der Waals surface area contributed by atoms with Gasteiger partial charge in [-0.25, -0.2) is 0 Å². The fourth-order valence-corrected chi connectivity index (χ4v) is 6.34. The van der Waals surface area contributed by atoms with Crippen molar-refractivity contribution in [2.75, 3.05) is 0 Å². The largest absolute Gasteiger partial charge is 0.507 e. The molecule has 4 aromatic rings. The van der Waals surface area contributed by atoms with Crippen molar-refractivity contribution >= 4 is 34.0 Å². The molecule has 0 radical (unpaired) electrons. The Kier molecular flexibility index (Phi) is 7.58. The summed E-state index contributed by atoms with van der Waals surface area (Å²) in [5, 5.41) is 45.5. The van der Waals surface area contributed by atoms with Crippen molar-refractivity contribution in [2.45, 2.75) is 26.7 Å². The van der Waals surface area contributed by atoms with Gasteiger partial charge >= 0.3 is 0 Å².